The Labute approximate surface area is 104 Å². The van der Waals surface area contributed by atoms with Crippen LogP contribution in [0, 0.1) is 0 Å². The number of imidazole rings is 1. The van der Waals surface area contributed by atoms with Crippen LogP contribution in [0.2, 0.25) is 0 Å². The van der Waals surface area contributed by atoms with Crippen molar-refractivity contribution in [3.05, 3.63) is 18.2 Å². The minimum absolute atomic E-state index is 0.00689. The molecular formula is C9H16N3O5P. The summed E-state index contributed by atoms with van der Waals surface area (Å²) in [6.45, 7) is 1.31. The van der Waals surface area contributed by atoms with Gasteiger partial charge >= 0.3 is 13.3 Å². The van der Waals surface area contributed by atoms with E-state index in [1.807, 2.05) is 0 Å². The van der Waals surface area contributed by atoms with Crippen molar-refractivity contribution in [1.29, 1.82) is 0 Å². The third-order valence-electron chi connectivity index (χ3n) is 2.00. The smallest absolute Gasteiger partial charge is 0.435 e. The molecule has 18 heavy (non-hydrogen) atoms. The number of hydrogen-bond donors (Lipinski definition) is 3. The fourth-order valence-electron chi connectivity index (χ4n) is 1.19. The maximum Gasteiger partial charge on any atom is 0.435 e. The molecule has 0 aromatic carbocycles. The van der Waals surface area contributed by atoms with Crippen molar-refractivity contribution in [2.24, 2.45) is 5.73 Å². The summed E-state index contributed by atoms with van der Waals surface area (Å²) in [6.07, 6.45) is 3.48. The van der Waals surface area contributed by atoms with Gasteiger partial charge in [-0.25, -0.2) is 14.3 Å². The molecule has 0 spiro atoms. The van der Waals surface area contributed by atoms with E-state index in [9.17, 15) is 14.3 Å². The van der Waals surface area contributed by atoms with Crippen molar-refractivity contribution < 1.29 is 23.5 Å². The van der Waals surface area contributed by atoms with E-state index in [4.69, 9.17) is 5.73 Å². The summed E-state index contributed by atoms with van der Waals surface area (Å²) >= 11 is 0. The van der Waals surface area contributed by atoms with Crippen molar-refractivity contribution in [2.45, 2.75) is 19.4 Å². The second-order valence-corrected chi connectivity index (χ2v) is 5.22. The Morgan fingerprint density at radius 2 is 2.44 bits per heavy atom. The fraction of sp³-hybridized carbons (Fsp3) is 0.556. The van der Waals surface area contributed by atoms with Crippen LogP contribution < -0.4 is 5.73 Å². The maximum absolute atomic E-state index is 11.4. The van der Waals surface area contributed by atoms with Gasteiger partial charge in [-0.15, -0.1) is 0 Å². The molecule has 0 radical (unpaired) electrons. The summed E-state index contributed by atoms with van der Waals surface area (Å²) in [5.41, 5.74) is 5.20. The minimum Gasteiger partial charge on any atom is -0.457 e. The molecule has 8 nitrogen and oxygen atoms in total. The maximum atomic E-state index is 11.4. The quantitative estimate of drug-likeness (QED) is 0.624. The largest absolute Gasteiger partial charge is 0.457 e. The number of nitrogens with zero attached hydrogens (tertiary/aromatic N) is 1. The van der Waals surface area contributed by atoms with Gasteiger partial charge in [0.1, 0.15) is 0 Å². The second kappa shape index (κ2) is 6.65. The van der Waals surface area contributed by atoms with Gasteiger partial charge in [0.05, 0.1) is 19.5 Å². The van der Waals surface area contributed by atoms with E-state index in [0.29, 0.717) is 6.42 Å². The number of ether oxygens (including phenoxy) is 1. The predicted molar refractivity (Wildman–Crippen MR) is 63.1 cm³/mol. The Kier molecular flexibility index (Phi) is 5.49. The SMILES string of the molecule is CCOC(=O)P(=O)(O)OC[C@@H](N)Cc1cnc[nH]1. The van der Waals surface area contributed by atoms with Crippen molar-refractivity contribution in [2.75, 3.05) is 13.2 Å². The molecule has 1 rings (SSSR count). The highest BCUT2D eigenvalue weighted by molar-refractivity contribution is 7.70. The van der Waals surface area contributed by atoms with Crippen LogP contribution in [0.3, 0.4) is 0 Å². The molecule has 9 heteroatoms. The van der Waals surface area contributed by atoms with Crippen LogP contribution in [0.25, 0.3) is 0 Å². The first-order chi connectivity index (χ1) is 8.45. The lowest BCUT2D eigenvalue weighted by molar-refractivity contribution is 0.159. The zero-order valence-corrected chi connectivity index (χ0v) is 10.8. The predicted octanol–water partition coefficient (Wildman–Crippen LogP) is 0.638. The van der Waals surface area contributed by atoms with Crippen LogP contribution in [-0.2, 0) is 20.2 Å². The van der Waals surface area contributed by atoms with E-state index in [0.717, 1.165) is 5.69 Å². The first-order valence-electron chi connectivity index (χ1n) is 5.33. The molecule has 0 amide bonds. The molecule has 1 unspecified atom stereocenters. The van der Waals surface area contributed by atoms with Gasteiger partial charge in [0.2, 0.25) is 0 Å². The third kappa shape index (κ3) is 4.58. The van der Waals surface area contributed by atoms with Crippen molar-refractivity contribution in [1.82, 2.24) is 9.97 Å². The molecule has 2 atom stereocenters. The normalized spacial score (nSPS) is 15.9. The summed E-state index contributed by atoms with van der Waals surface area (Å²) in [5, 5.41) is 0. The number of nitrogens with two attached hydrogens (primary N) is 1. The van der Waals surface area contributed by atoms with Gasteiger partial charge in [0.15, 0.2) is 0 Å². The van der Waals surface area contributed by atoms with Crippen molar-refractivity contribution in [3.63, 3.8) is 0 Å². The second-order valence-electron chi connectivity index (χ2n) is 3.56. The van der Waals surface area contributed by atoms with Gasteiger partial charge in [0, 0.05) is 24.4 Å². The van der Waals surface area contributed by atoms with E-state index in [1.54, 1.807) is 6.20 Å². The minimum atomic E-state index is -4.41. The van der Waals surface area contributed by atoms with Crippen LogP contribution in [0.4, 0.5) is 4.79 Å². The van der Waals surface area contributed by atoms with Gasteiger partial charge in [-0.2, -0.15) is 0 Å². The van der Waals surface area contributed by atoms with Gasteiger partial charge in [-0.3, -0.25) is 4.52 Å². The first-order valence-corrected chi connectivity index (χ1v) is 6.91. The van der Waals surface area contributed by atoms with E-state index in [-0.39, 0.29) is 13.2 Å². The van der Waals surface area contributed by atoms with E-state index >= 15 is 0 Å². The first kappa shape index (κ1) is 14.8. The standard InChI is InChI=1S/C9H16N3O5P/c1-2-16-9(13)18(14,15)17-5-7(10)3-8-4-11-6-12-8/h4,6-7H,2-3,5,10H2,1H3,(H,11,12)(H,14,15)/t7-/m0/s1. The monoisotopic (exact) mass is 277 g/mol. The Hall–Kier alpha value is -1.21. The van der Waals surface area contributed by atoms with Gasteiger partial charge in [-0.1, -0.05) is 0 Å². The number of hydrogen-bond acceptors (Lipinski definition) is 6. The highest BCUT2D eigenvalue weighted by atomic mass is 31.2. The lowest BCUT2D eigenvalue weighted by Gasteiger charge is -2.14. The van der Waals surface area contributed by atoms with Crippen LogP contribution >= 0.6 is 7.60 Å². The summed E-state index contributed by atoms with van der Waals surface area (Å²) in [4.78, 5) is 27.0. The molecular weight excluding hydrogens is 261 g/mol. The lowest BCUT2D eigenvalue weighted by atomic mass is 10.2. The molecule has 1 aromatic heterocycles. The topological polar surface area (TPSA) is 128 Å². The molecule has 1 heterocycles. The number of H-pyrrole nitrogens is 1. The summed E-state index contributed by atoms with van der Waals surface area (Å²) in [6, 6.07) is -0.527. The molecule has 0 aliphatic rings. The van der Waals surface area contributed by atoms with Gasteiger partial charge in [-0.05, 0) is 6.92 Å². The average Bonchev–Trinajstić information content (AvgIpc) is 2.79. The fourth-order valence-corrected chi connectivity index (χ4v) is 1.98. The molecule has 0 fully saturated rings. The van der Waals surface area contributed by atoms with Crippen LogP contribution in [0.5, 0.6) is 0 Å². The molecule has 0 bridgehead atoms. The Morgan fingerprint density at radius 1 is 1.72 bits per heavy atom. The van der Waals surface area contributed by atoms with Crippen LogP contribution in [0.1, 0.15) is 12.6 Å². The Morgan fingerprint density at radius 3 is 3.00 bits per heavy atom. The molecule has 4 N–H and O–H groups in total. The number of nitrogens with one attached hydrogen (secondary N) is 1. The molecule has 0 saturated heterocycles. The van der Waals surface area contributed by atoms with E-state index < -0.39 is 19.3 Å². The van der Waals surface area contributed by atoms with Gasteiger partial charge in [0.25, 0.3) is 0 Å². The highest BCUT2D eigenvalue weighted by Gasteiger charge is 2.33. The van der Waals surface area contributed by atoms with E-state index in [2.05, 4.69) is 19.2 Å². The Balaban J connectivity index is 2.39. The summed E-state index contributed by atoms with van der Waals surface area (Å²) in [5.74, 6) is 0. The van der Waals surface area contributed by atoms with Crippen molar-refractivity contribution in [3.8, 4) is 0 Å². The number of aromatic nitrogens is 2. The molecule has 0 aliphatic carbocycles. The molecule has 0 saturated carbocycles. The highest BCUT2D eigenvalue weighted by Crippen LogP contribution is 2.43. The molecule has 0 aliphatic heterocycles. The zero-order chi connectivity index (χ0) is 13.6. The number of carbonyl (C=O) groups is 1. The van der Waals surface area contributed by atoms with Crippen LogP contribution in [-0.4, -0.2) is 39.8 Å². The van der Waals surface area contributed by atoms with E-state index in [1.165, 1.54) is 13.3 Å². The summed E-state index contributed by atoms with van der Waals surface area (Å²) < 4.78 is 20.4. The summed E-state index contributed by atoms with van der Waals surface area (Å²) in [7, 11) is -4.41. The number of rotatable bonds is 7. The zero-order valence-electron chi connectivity index (χ0n) is 9.91. The molecule has 1 aromatic rings. The average molecular weight is 277 g/mol. The van der Waals surface area contributed by atoms with Crippen LogP contribution in [0.15, 0.2) is 12.5 Å². The number of carbonyl (C=O) groups excluding carboxylic acids is 1. The third-order valence-corrected chi connectivity index (χ3v) is 3.09. The van der Waals surface area contributed by atoms with Crippen molar-refractivity contribution >= 4 is 13.3 Å². The van der Waals surface area contributed by atoms with Gasteiger partial charge < -0.3 is 20.3 Å². The Bertz CT molecular complexity index is 422. The molecule has 102 valence electrons. The lowest BCUT2D eigenvalue weighted by Crippen LogP contribution is -2.28. The number of aromatic amines is 1.